The van der Waals surface area contributed by atoms with Crippen molar-refractivity contribution in [2.24, 2.45) is 0 Å². The summed E-state index contributed by atoms with van der Waals surface area (Å²) in [4.78, 5) is 24.7. The molecule has 0 aliphatic rings. The predicted octanol–water partition coefficient (Wildman–Crippen LogP) is 4.76. The summed E-state index contributed by atoms with van der Waals surface area (Å²) >= 11 is 0. The van der Waals surface area contributed by atoms with Gasteiger partial charge in [-0.3, -0.25) is 9.59 Å². The van der Waals surface area contributed by atoms with Gasteiger partial charge in [-0.15, -0.1) is 0 Å². The predicted molar refractivity (Wildman–Crippen MR) is 107 cm³/mol. The van der Waals surface area contributed by atoms with Crippen LogP contribution >= 0.6 is 0 Å². The number of alkyl halides is 2. The largest absolute Gasteiger partial charge is 0.464 e. The van der Waals surface area contributed by atoms with Crippen molar-refractivity contribution in [3.05, 3.63) is 59.4 Å². The summed E-state index contributed by atoms with van der Waals surface area (Å²) in [5, 5.41) is 3.24. The molecule has 0 unspecified atom stereocenters. The second kappa shape index (κ2) is 8.94. The number of amides is 1. The third kappa shape index (κ3) is 4.76. The van der Waals surface area contributed by atoms with Crippen LogP contribution in [0.25, 0.3) is 11.0 Å². The second-order valence-corrected chi connectivity index (χ2v) is 6.82. The van der Waals surface area contributed by atoms with Crippen molar-refractivity contribution < 1.29 is 32.3 Å². The molecule has 30 heavy (non-hydrogen) atoms. The van der Waals surface area contributed by atoms with Gasteiger partial charge in [0.1, 0.15) is 11.3 Å². The van der Waals surface area contributed by atoms with Gasteiger partial charge >= 0.3 is 12.6 Å². The van der Waals surface area contributed by atoms with E-state index in [2.05, 4.69) is 10.1 Å². The summed E-state index contributed by atoms with van der Waals surface area (Å²) in [6.45, 7) is 2.27. The molecular formula is C22H21F2NO5. The molecule has 0 aliphatic carbocycles. The Balaban J connectivity index is 1.64. The van der Waals surface area contributed by atoms with Gasteiger partial charge in [0, 0.05) is 10.9 Å². The summed E-state index contributed by atoms with van der Waals surface area (Å²) < 4.78 is 40.1. The van der Waals surface area contributed by atoms with Gasteiger partial charge in [-0.2, -0.15) is 8.78 Å². The van der Waals surface area contributed by atoms with Crippen LogP contribution in [0.15, 0.2) is 47.1 Å². The van der Waals surface area contributed by atoms with Crippen LogP contribution in [-0.4, -0.2) is 24.6 Å². The van der Waals surface area contributed by atoms with E-state index >= 15 is 0 Å². The topological polar surface area (TPSA) is 77.8 Å². The Hall–Kier alpha value is -3.42. The standard InChI is InChI=1S/C22H21F2NO5/c1-12-8-9-16-15(11-28-20(16)13(12)2)10-19(26)29-14(3)21(27)25-17-6-4-5-7-18(17)30-22(23)24/h4-9,11,14,22H,10H2,1-3H3,(H,25,27)/t14-/m1/s1. The minimum atomic E-state index is -3.03. The number of rotatable bonds is 7. The van der Waals surface area contributed by atoms with Gasteiger partial charge in [-0.05, 0) is 44.0 Å². The van der Waals surface area contributed by atoms with E-state index in [1.165, 1.54) is 31.4 Å². The molecule has 0 aliphatic heterocycles. The number of esters is 1. The quantitative estimate of drug-likeness (QED) is 0.561. The Bertz CT molecular complexity index is 1080. The van der Waals surface area contributed by atoms with Crippen molar-refractivity contribution in [2.75, 3.05) is 5.32 Å². The van der Waals surface area contributed by atoms with E-state index in [0.29, 0.717) is 11.1 Å². The molecule has 1 amide bonds. The lowest BCUT2D eigenvalue weighted by atomic mass is 10.0. The monoisotopic (exact) mass is 417 g/mol. The summed E-state index contributed by atoms with van der Waals surface area (Å²) in [6, 6.07) is 9.57. The van der Waals surface area contributed by atoms with Gasteiger partial charge in [0.25, 0.3) is 5.91 Å². The third-order valence-corrected chi connectivity index (χ3v) is 4.71. The summed E-state index contributed by atoms with van der Waals surface area (Å²) in [6.07, 6.45) is 0.290. The fourth-order valence-corrected chi connectivity index (χ4v) is 2.98. The first-order chi connectivity index (χ1) is 14.3. The first-order valence-electron chi connectivity index (χ1n) is 9.26. The number of hydrogen-bond acceptors (Lipinski definition) is 5. The minimum Gasteiger partial charge on any atom is -0.464 e. The van der Waals surface area contributed by atoms with Crippen LogP contribution in [0.3, 0.4) is 0 Å². The lowest BCUT2D eigenvalue weighted by Gasteiger charge is -2.15. The van der Waals surface area contributed by atoms with Crippen LogP contribution in [0, 0.1) is 13.8 Å². The lowest BCUT2D eigenvalue weighted by Crippen LogP contribution is -2.30. The number of para-hydroxylation sites is 2. The summed E-state index contributed by atoms with van der Waals surface area (Å²) in [7, 11) is 0. The van der Waals surface area contributed by atoms with E-state index in [4.69, 9.17) is 9.15 Å². The number of fused-ring (bicyclic) bond motifs is 1. The van der Waals surface area contributed by atoms with E-state index < -0.39 is 24.6 Å². The Morgan fingerprint density at radius 2 is 1.87 bits per heavy atom. The van der Waals surface area contributed by atoms with Crippen LogP contribution in [-0.2, 0) is 20.7 Å². The van der Waals surface area contributed by atoms with Crippen LogP contribution in [0.5, 0.6) is 5.75 Å². The molecule has 8 heteroatoms. The highest BCUT2D eigenvalue weighted by molar-refractivity contribution is 5.96. The van der Waals surface area contributed by atoms with Gasteiger partial charge in [0.2, 0.25) is 0 Å². The van der Waals surface area contributed by atoms with E-state index in [-0.39, 0.29) is 17.9 Å². The van der Waals surface area contributed by atoms with Gasteiger partial charge in [0.15, 0.2) is 6.10 Å². The molecule has 3 rings (SSSR count). The number of benzene rings is 2. The number of carbonyl (C=O) groups excluding carboxylic acids is 2. The average molecular weight is 417 g/mol. The van der Waals surface area contributed by atoms with E-state index in [1.807, 2.05) is 26.0 Å². The SMILES string of the molecule is Cc1ccc2c(CC(=O)O[C@H](C)C(=O)Nc3ccccc3OC(F)F)coc2c1C. The number of nitrogens with one attached hydrogen (secondary N) is 1. The third-order valence-electron chi connectivity index (χ3n) is 4.71. The molecule has 1 N–H and O–H groups in total. The number of carbonyl (C=O) groups is 2. The van der Waals surface area contributed by atoms with E-state index in [9.17, 15) is 18.4 Å². The molecule has 0 bridgehead atoms. The molecule has 0 fully saturated rings. The average Bonchev–Trinajstić information content (AvgIpc) is 3.09. The van der Waals surface area contributed by atoms with Gasteiger partial charge < -0.3 is 19.2 Å². The first kappa shape index (κ1) is 21.3. The van der Waals surface area contributed by atoms with Crippen LogP contribution < -0.4 is 10.1 Å². The summed E-state index contributed by atoms with van der Waals surface area (Å²) in [5.74, 6) is -1.47. The Morgan fingerprint density at radius 1 is 1.13 bits per heavy atom. The summed E-state index contributed by atoms with van der Waals surface area (Å²) in [5.41, 5.74) is 3.48. The maximum Gasteiger partial charge on any atom is 0.387 e. The highest BCUT2D eigenvalue weighted by Crippen LogP contribution is 2.28. The Kier molecular flexibility index (Phi) is 6.34. The molecular weight excluding hydrogens is 396 g/mol. The molecule has 0 saturated carbocycles. The van der Waals surface area contributed by atoms with E-state index in [1.54, 1.807) is 6.07 Å². The van der Waals surface area contributed by atoms with Crippen molar-refractivity contribution in [3.63, 3.8) is 0 Å². The first-order valence-corrected chi connectivity index (χ1v) is 9.26. The van der Waals surface area contributed by atoms with Crippen LogP contribution in [0.2, 0.25) is 0 Å². The number of aryl methyl sites for hydroxylation is 2. The molecule has 0 spiro atoms. The van der Waals surface area contributed by atoms with E-state index in [0.717, 1.165) is 16.5 Å². The van der Waals surface area contributed by atoms with Crippen LogP contribution in [0.4, 0.5) is 14.5 Å². The van der Waals surface area contributed by atoms with Crippen LogP contribution in [0.1, 0.15) is 23.6 Å². The zero-order chi connectivity index (χ0) is 21.8. The fourth-order valence-electron chi connectivity index (χ4n) is 2.98. The smallest absolute Gasteiger partial charge is 0.387 e. The maximum absolute atomic E-state index is 12.5. The Morgan fingerprint density at radius 3 is 2.60 bits per heavy atom. The Labute approximate surface area is 171 Å². The number of ether oxygens (including phenoxy) is 2. The van der Waals surface area contributed by atoms with Crippen molar-refractivity contribution >= 4 is 28.5 Å². The highest BCUT2D eigenvalue weighted by atomic mass is 19.3. The molecule has 1 atom stereocenters. The molecule has 0 radical (unpaired) electrons. The van der Waals surface area contributed by atoms with Crippen molar-refractivity contribution in [1.82, 2.24) is 0 Å². The van der Waals surface area contributed by atoms with Gasteiger partial charge in [0.05, 0.1) is 18.4 Å². The highest BCUT2D eigenvalue weighted by Gasteiger charge is 2.21. The van der Waals surface area contributed by atoms with Gasteiger partial charge in [-0.1, -0.05) is 24.3 Å². The number of anilines is 1. The minimum absolute atomic E-state index is 0.0531. The molecule has 2 aromatic carbocycles. The zero-order valence-corrected chi connectivity index (χ0v) is 16.7. The zero-order valence-electron chi connectivity index (χ0n) is 16.7. The van der Waals surface area contributed by atoms with Crippen molar-refractivity contribution in [3.8, 4) is 5.75 Å². The molecule has 3 aromatic rings. The normalized spacial score (nSPS) is 12.1. The second-order valence-electron chi connectivity index (χ2n) is 6.82. The fraction of sp³-hybridized carbons (Fsp3) is 0.273. The number of hydrogen-bond donors (Lipinski definition) is 1. The molecule has 0 saturated heterocycles. The molecule has 1 heterocycles. The van der Waals surface area contributed by atoms with Gasteiger partial charge in [-0.25, -0.2) is 0 Å². The molecule has 1 aromatic heterocycles. The maximum atomic E-state index is 12.5. The van der Waals surface area contributed by atoms with Crippen molar-refractivity contribution in [2.45, 2.75) is 39.9 Å². The molecule has 6 nitrogen and oxygen atoms in total. The lowest BCUT2D eigenvalue weighted by molar-refractivity contribution is -0.152. The number of furan rings is 1. The number of halogens is 2. The van der Waals surface area contributed by atoms with Crippen molar-refractivity contribution in [1.29, 1.82) is 0 Å². The molecule has 158 valence electrons.